The van der Waals surface area contributed by atoms with Crippen LogP contribution in [0.5, 0.6) is 0 Å². The highest BCUT2D eigenvalue weighted by atomic mass is 35.5. The van der Waals surface area contributed by atoms with Gasteiger partial charge in [0.1, 0.15) is 11.3 Å². The lowest BCUT2D eigenvalue weighted by molar-refractivity contribution is 0.0648. The first-order valence-electron chi connectivity index (χ1n) is 8.94. The van der Waals surface area contributed by atoms with Crippen LogP contribution in [0.25, 0.3) is 33.3 Å². The lowest BCUT2D eigenvalue weighted by Gasteiger charge is -2.30. The number of hydrogen-bond donors (Lipinski definition) is 0. The number of benzene rings is 2. The molecule has 0 saturated carbocycles. The van der Waals surface area contributed by atoms with Gasteiger partial charge in [-0.1, -0.05) is 48.0 Å². The summed E-state index contributed by atoms with van der Waals surface area (Å²) in [5.41, 5.74) is 3.03. The minimum absolute atomic E-state index is 0.0340. The van der Waals surface area contributed by atoms with E-state index in [4.69, 9.17) is 21.6 Å². The molecule has 0 bridgehead atoms. The van der Waals surface area contributed by atoms with E-state index in [0.717, 1.165) is 47.0 Å². The van der Waals surface area contributed by atoms with Gasteiger partial charge in [0.25, 0.3) is 5.91 Å². The summed E-state index contributed by atoms with van der Waals surface area (Å²) in [5.74, 6) is 0.525. The van der Waals surface area contributed by atoms with Crippen molar-refractivity contribution in [2.75, 3.05) is 13.1 Å². The molecule has 1 aliphatic heterocycles. The molecule has 3 heterocycles. The van der Waals surface area contributed by atoms with Crippen LogP contribution in [0, 0.1) is 0 Å². The molecule has 1 aliphatic rings. The second-order valence-corrected chi connectivity index (χ2v) is 7.26. The Morgan fingerprint density at radius 1 is 1.07 bits per heavy atom. The number of likely N-dealkylation sites (tertiary alicyclic amines) is 1. The van der Waals surface area contributed by atoms with Gasteiger partial charge in [-0.3, -0.25) is 4.79 Å². The van der Waals surface area contributed by atoms with Crippen LogP contribution in [0.2, 0.25) is 5.02 Å². The van der Waals surface area contributed by atoms with Crippen molar-refractivity contribution >= 4 is 39.4 Å². The minimum Gasteiger partial charge on any atom is -0.337 e. The third-order valence-corrected chi connectivity index (χ3v) is 5.41. The fraction of sp³-hybridized carbons (Fsp3) is 0.190. The first kappa shape index (κ1) is 16.3. The van der Waals surface area contributed by atoms with Crippen molar-refractivity contribution in [3.63, 3.8) is 0 Å². The van der Waals surface area contributed by atoms with E-state index in [9.17, 15) is 4.79 Å². The zero-order valence-corrected chi connectivity index (χ0v) is 15.6. The van der Waals surface area contributed by atoms with E-state index in [1.807, 2.05) is 65.0 Å². The Morgan fingerprint density at radius 3 is 2.56 bits per heavy atom. The van der Waals surface area contributed by atoms with Crippen LogP contribution in [-0.4, -0.2) is 38.4 Å². The highest BCUT2D eigenvalue weighted by Crippen LogP contribution is 2.33. The maximum atomic E-state index is 13.1. The highest BCUT2D eigenvalue weighted by molar-refractivity contribution is 6.31. The van der Waals surface area contributed by atoms with Crippen molar-refractivity contribution in [2.45, 2.75) is 6.42 Å². The Balaban J connectivity index is 1.86. The SMILES string of the molecule is Cn1c2cc(Cl)ccc2c2c(C(=O)N3CCC3)nc(-c3ccccc3)nc21. The third kappa shape index (κ3) is 2.50. The number of nitrogens with zero attached hydrogens (tertiary/aromatic N) is 4. The van der Waals surface area contributed by atoms with Crippen LogP contribution in [0.4, 0.5) is 0 Å². The van der Waals surface area contributed by atoms with Gasteiger partial charge in [0.15, 0.2) is 5.82 Å². The second-order valence-electron chi connectivity index (χ2n) is 6.83. The standard InChI is InChI=1S/C21H17ClN4O/c1-25-16-12-14(22)8-9-15(16)17-18(21(27)26-10-5-11-26)23-19(24-20(17)25)13-6-3-2-4-7-13/h2-4,6-9,12H,5,10-11H2,1H3. The quantitative estimate of drug-likeness (QED) is 0.524. The molecule has 2 aromatic carbocycles. The van der Waals surface area contributed by atoms with Crippen molar-refractivity contribution in [1.82, 2.24) is 19.4 Å². The molecule has 2 aromatic heterocycles. The monoisotopic (exact) mass is 376 g/mol. The Labute approximate surface area is 161 Å². The fourth-order valence-corrected chi connectivity index (χ4v) is 3.75. The Kier molecular flexibility index (Phi) is 3.65. The van der Waals surface area contributed by atoms with Crippen LogP contribution in [-0.2, 0) is 7.05 Å². The molecule has 0 unspecified atom stereocenters. The Hall–Kier alpha value is -2.92. The predicted molar refractivity (Wildman–Crippen MR) is 107 cm³/mol. The summed E-state index contributed by atoms with van der Waals surface area (Å²) < 4.78 is 1.98. The number of carbonyl (C=O) groups is 1. The summed E-state index contributed by atoms with van der Waals surface area (Å²) in [6.45, 7) is 1.56. The average molecular weight is 377 g/mol. The third-order valence-electron chi connectivity index (χ3n) is 5.18. The van der Waals surface area contributed by atoms with Gasteiger partial charge in [-0.2, -0.15) is 0 Å². The first-order valence-corrected chi connectivity index (χ1v) is 9.31. The molecule has 0 aliphatic carbocycles. The number of rotatable bonds is 2. The van der Waals surface area contributed by atoms with Gasteiger partial charge in [-0.15, -0.1) is 0 Å². The number of carbonyl (C=O) groups excluding carboxylic acids is 1. The number of hydrogen-bond acceptors (Lipinski definition) is 3. The van der Waals surface area contributed by atoms with Crippen LogP contribution < -0.4 is 0 Å². The molecular weight excluding hydrogens is 360 g/mol. The largest absolute Gasteiger partial charge is 0.337 e. The summed E-state index contributed by atoms with van der Waals surface area (Å²) >= 11 is 6.21. The van der Waals surface area contributed by atoms with Crippen molar-refractivity contribution in [3.05, 3.63) is 59.2 Å². The van der Waals surface area contributed by atoms with E-state index in [1.54, 1.807) is 0 Å². The lowest BCUT2D eigenvalue weighted by Crippen LogP contribution is -2.42. The number of halogens is 1. The molecule has 1 fully saturated rings. The van der Waals surface area contributed by atoms with E-state index in [-0.39, 0.29) is 5.91 Å². The highest BCUT2D eigenvalue weighted by Gasteiger charge is 2.28. The topological polar surface area (TPSA) is 51.0 Å². The molecule has 6 heteroatoms. The lowest BCUT2D eigenvalue weighted by atomic mass is 10.1. The molecule has 27 heavy (non-hydrogen) atoms. The van der Waals surface area contributed by atoms with Crippen LogP contribution in [0.15, 0.2) is 48.5 Å². The van der Waals surface area contributed by atoms with Gasteiger partial charge in [0.2, 0.25) is 0 Å². The average Bonchev–Trinajstić information content (AvgIpc) is 2.92. The Morgan fingerprint density at radius 2 is 1.85 bits per heavy atom. The predicted octanol–water partition coefficient (Wildman–Crippen LogP) is 4.29. The van der Waals surface area contributed by atoms with E-state index in [0.29, 0.717) is 16.5 Å². The summed E-state index contributed by atoms with van der Waals surface area (Å²) in [6.07, 6.45) is 1.04. The molecule has 5 rings (SSSR count). The summed E-state index contributed by atoms with van der Waals surface area (Å²) in [4.78, 5) is 24.5. The zero-order valence-electron chi connectivity index (χ0n) is 14.8. The molecule has 0 spiro atoms. The number of amides is 1. The molecule has 1 saturated heterocycles. The first-order chi connectivity index (χ1) is 13.1. The smallest absolute Gasteiger partial charge is 0.273 e. The van der Waals surface area contributed by atoms with Crippen molar-refractivity contribution in [3.8, 4) is 11.4 Å². The number of aromatic nitrogens is 3. The molecule has 5 nitrogen and oxygen atoms in total. The second kappa shape index (κ2) is 6.06. The van der Waals surface area contributed by atoms with E-state index < -0.39 is 0 Å². The van der Waals surface area contributed by atoms with Crippen LogP contribution >= 0.6 is 11.6 Å². The maximum absolute atomic E-state index is 13.1. The van der Waals surface area contributed by atoms with Gasteiger partial charge in [0, 0.05) is 36.1 Å². The maximum Gasteiger partial charge on any atom is 0.273 e. The van der Waals surface area contributed by atoms with E-state index in [1.165, 1.54) is 0 Å². The van der Waals surface area contributed by atoms with Crippen molar-refractivity contribution in [1.29, 1.82) is 0 Å². The molecule has 134 valence electrons. The van der Waals surface area contributed by atoms with Gasteiger partial charge in [-0.05, 0) is 18.6 Å². The summed E-state index contributed by atoms with van der Waals surface area (Å²) in [7, 11) is 1.95. The number of aryl methyl sites for hydroxylation is 1. The van der Waals surface area contributed by atoms with Gasteiger partial charge < -0.3 is 9.47 Å². The van der Waals surface area contributed by atoms with Crippen LogP contribution in [0.3, 0.4) is 0 Å². The zero-order chi connectivity index (χ0) is 18.5. The van der Waals surface area contributed by atoms with E-state index in [2.05, 4.69) is 0 Å². The molecule has 4 aromatic rings. The van der Waals surface area contributed by atoms with Gasteiger partial charge >= 0.3 is 0 Å². The molecule has 0 atom stereocenters. The van der Waals surface area contributed by atoms with Crippen molar-refractivity contribution in [2.24, 2.45) is 7.05 Å². The minimum atomic E-state index is -0.0340. The normalized spacial score (nSPS) is 13.9. The molecule has 0 N–H and O–H groups in total. The summed E-state index contributed by atoms with van der Waals surface area (Å²) in [6, 6.07) is 15.4. The molecule has 0 radical (unpaired) electrons. The van der Waals surface area contributed by atoms with Crippen LogP contribution in [0.1, 0.15) is 16.9 Å². The van der Waals surface area contributed by atoms with Crippen molar-refractivity contribution < 1.29 is 4.79 Å². The van der Waals surface area contributed by atoms with E-state index >= 15 is 0 Å². The fourth-order valence-electron chi connectivity index (χ4n) is 3.59. The summed E-state index contributed by atoms with van der Waals surface area (Å²) in [5, 5.41) is 2.39. The Bertz CT molecular complexity index is 1200. The van der Waals surface area contributed by atoms with Gasteiger partial charge in [0.05, 0.1) is 10.9 Å². The van der Waals surface area contributed by atoms with Gasteiger partial charge in [-0.25, -0.2) is 9.97 Å². The number of fused-ring (bicyclic) bond motifs is 3. The molecule has 1 amide bonds. The molecular formula is C21H17ClN4O.